The number of hydrogen-bond donors (Lipinski definition) is 1. The molecule has 6 heteroatoms. The third kappa shape index (κ3) is 3.60. The predicted octanol–water partition coefficient (Wildman–Crippen LogP) is 4.93. The van der Waals surface area contributed by atoms with Gasteiger partial charge in [-0.15, -0.1) is 10.2 Å². The molecule has 4 rings (SSSR count). The second-order valence-corrected chi connectivity index (χ2v) is 8.05. The molecule has 1 N–H and O–H groups in total. The molecule has 28 heavy (non-hydrogen) atoms. The van der Waals surface area contributed by atoms with Crippen LogP contribution in [0.2, 0.25) is 0 Å². The molecule has 0 spiro atoms. The van der Waals surface area contributed by atoms with Gasteiger partial charge in [0, 0.05) is 23.2 Å². The number of carbonyl (C=O) groups excluding carboxylic acids is 1. The van der Waals surface area contributed by atoms with E-state index in [0.29, 0.717) is 12.2 Å². The zero-order chi connectivity index (χ0) is 19.7. The summed E-state index contributed by atoms with van der Waals surface area (Å²) in [6.45, 7) is 6.14. The number of pyridine rings is 1. The predicted molar refractivity (Wildman–Crippen MR) is 115 cm³/mol. The van der Waals surface area contributed by atoms with Gasteiger partial charge in [0.15, 0.2) is 10.8 Å². The summed E-state index contributed by atoms with van der Waals surface area (Å²) in [5.74, 6) is 0.647. The minimum atomic E-state index is 0.00831. The minimum absolute atomic E-state index is 0.00831. The van der Waals surface area contributed by atoms with Crippen LogP contribution >= 0.6 is 11.8 Å². The Kier molecular flexibility index (Phi) is 5.05. The van der Waals surface area contributed by atoms with Gasteiger partial charge in [-0.3, -0.25) is 9.20 Å². The fourth-order valence-electron chi connectivity index (χ4n) is 3.37. The molecule has 0 fully saturated rings. The third-order valence-electron chi connectivity index (χ3n) is 4.79. The molecule has 4 aromatic rings. The van der Waals surface area contributed by atoms with Crippen molar-refractivity contribution in [1.29, 1.82) is 0 Å². The van der Waals surface area contributed by atoms with Gasteiger partial charge in [-0.05, 0) is 50.1 Å². The molecule has 2 aromatic heterocycles. The lowest BCUT2D eigenvalue weighted by Gasteiger charge is -2.09. The number of aryl methyl sites for hydroxylation is 3. The normalized spacial score (nSPS) is 11.2. The van der Waals surface area contributed by atoms with Crippen molar-refractivity contribution in [3.63, 3.8) is 0 Å². The highest BCUT2D eigenvalue weighted by Gasteiger charge is 2.12. The molecule has 5 nitrogen and oxygen atoms in total. The number of anilines is 1. The molecule has 0 bridgehead atoms. The van der Waals surface area contributed by atoms with E-state index in [1.54, 1.807) is 11.8 Å². The van der Waals surface area contributed by atoms with Crippen molar-refractivity contribution in [3.8, 4) is 0 Å². The molecule has 2 heterocycles. The van der Waals surface area contributed by atoms with E-state index >= 15 is 0 Å². The van der Waals surface area contributed by atoms with Gasteiger partial charge in [-0.2, -0.15) is 0 Å². The van der Waals surface area contributed by atoms with Crippen LogP contribution in [0.25, 0.3) is 16.6 Å². The first-order chi connectivity index (χ1) is 13.5. The molecule has 0 atom stereocenters. The molecule has 2 aromatic carbocycles. The van der Waals surface area contributed by atoms with Crippen LogP contribution in [0.4, 0.5) is 5.69 Å². The Morgan fingerprint density at radius 2 is 1.86 bits per heavy atom. The van der Waals surface area contributed by atoms with Crippen molar-refractivity contribution in [3.05, 3.63) is 65.2 Å². The first-order valence-electron chi connectivity index (χ1n) is 9.26. The maximum atomic E-state index is 12.3. The molecule has 0 saturated carbocycles. The van der Waals surface area contributed by atoms with Crippen LogP contribution in [0.3, 0.4) is 0 Å². The monoisotopic (exact) mass is 390 g/mol. The van der Waals surface area contributed by atoms with E-state index in [4.69, 9.17) is 0 Å². The second-order valence-electron chi connectivity index (χ2n) is 6.99. The van der Waals surface area contributed by atoms with Crippen LogP contribution in [0.5, 0.6) is 0 Å². The summed E-state index contributed by atoms with van der Waals surface area (Å²) >= 11 is 1.55. The van der Waals surface area contributed by atoms with Gasteiger partial charge in [-0.25, -0.2) is 0 Å². The highest BCUT2D eigenvalue weighted by molar-refractivity contribution is 7.99. The quantitative estimate of drug-likeness (QED) is 0.491. The number of nitrogens with one attached hydrogen (secondary N) is 1. The number of benzene rings is 2. The average molecular weight is 391 g/mol. The summed E-state index contributed by atoms with van der Waals surface area (Å²) < 4.78 is 2.06. The van der Waals surface area contributed by atoms with Gasteiger partial charge in [0.05, 0.1) is 5.52 Å². The lowest BCUT2D eigenvalue weighted by Crippen LogP contribution is -2.13. The molecular weight excluding hydrogens is 368 g/mol. The number of para-hydroxylation sites is 1. The molecule has 0 unspecified atom stereocenters. The maximum Gasteiger partial charge on any atom is 0.225 e. The topological polar surface area (TPSA) is 59.3 Å². The second kappa shape index (κ2) is 7.64. The number of rotatable bonds is 5. The maximum absolute atomic E-state index is 12.3. The van der Waals surface area contributed by atoms with Crippen LogP contribution in [-0.4, -0.2) is 26.3 Å². The minimum Gasteiger partial charge on any atom is -0.326 e. The van der Waals surface area contributed by atoms with E-state index < -0.39 is 0 Å². The zero-order valence-corrected chi connectivity index (χ0v) is 17.0. The molecule has 0 aliphatic heterocycles. The molecule has 142 valence electrons. The van der Waals surface area contributed by atoms with Crippen molar-refractivity contribution in [2.45, 2.75) is 32.3 Å². The van der Waals surface area contributed by atoms with Gasteiger partial charge in [0.1, 0.15) is 0 Å². The Balaban J connectivity index is 1.47. The summed E-state index contributed by atoms with van der Waals surface area (Å²) in [5, 5.41) is 13.6. The van der Waals surface area contributed by atoms with E-state index in [2.05, 4.69) is 45.0 Å². The fraction of sp³-hybridized carbons (Fsp3) is 0.227. The summed E-state index contributed by atoms with van der Waals surface area (Å²) in [7, 11) is 0. The zero-order valence-electron chi connectivity index (χ0n) is 16.2. The molecule has 0 radical (unpaired) electrons. The summed E-state index contributed by atoms with van der Waals surface area (Å²) in [6.07, 6.45) is 0.413. The van der Waals surface area contributed by atoms with Gasteiger partial charge >= 0.3 is 0 Å². The van der Waals surface area contributed by atoms with Crippen molar-refractivity contribution in [2.24, 2.45) is 0 Å². The van der Waals surface area contributed by atoms with Crippen molar-refractivity contribution in [1.82, 2.24) is 14.6 Å². The van der Waals surface area contributed by atoms with Gasteiger partial charge < -0.3 is 5.32 Å². The van der Waals surface area contributed by atoms with E-state index in [-0.39, 0.29) is 5.91 Å². The van der Waals surface area contributed by atoms with E-state index in [9.17, 15) is 4.79 Å². The number of thioether (sulfide) groups is 1. The average Bonchev–Trinajstić information content (AvgIpc) is 3.07. The molecule has 1 amide bonds. The number of amides is 1. The van der Waals surface area contributed by atoms with Crippen LogP contribution in [0.1, 0.15) is 23.1 Å². The molecular formula is C22H22N4OS. The largest absolute Gasteiger partial charge is 0.326 e. The van der Waals surface area contributed by atoms with E-state index in [1.807, 2.05) is 44.2 Å². The molecule has 0 aliphatic carbocycles. The van der Waals surface area contributed by atoms with Gasteiger partial charge in [0.25, 0.3) is 0 Å². The van der Waals surface area contributed by atoms with Crippen LogP contribution < -0.4 is 5.32 Å². The number of carbonyl (C=O) groups is 1. The summed E-state index contributed by atoms with van der Waals surface area (Å²) in [4.78, 5) is 12.3. The van der Waals surface area contributed by atoms with Crippen LogP contribution in [0.15, 0.2) is 53.7 Å². The number of hydrogen-bond acceptors (Lipinski definition) is 4. The summed E-state index contributed by atoms with van der Waals surface area (Å²) in [5.41, 5.74) is 6.23. The molecule has 0 aliphatic rings. The van der Waals surface area contributed by atoms with Gasteiger partial charge in [-0.1, -0.05) is 47.7 Å². The Bertz CT molecular complexity index is 1180. The van der Waals surface area contributed by atoms with Crippen molar-refractivity contribution >= 4 is 39.9 Å². The Hall–Kier alpha value is -2.86. The number of fused-ring (bicyclic) bond motifs is 3. The van der Waals surface area contributed by atoms with Gasteiger partial charge in [0.2, 0.25) is 5.91 Å². The first-order valence-corrected chi connectivity index (χ1v) is 10.2. The highest BCUT2D eigenvalue weighted by Crippen LogP contribution is 2.26. The third-order valence-corrected chi connectivity index (χ3v) is 5.72. The van der Waals surface area contributed by atoms with Crippen LogP contribution in [-0.2, 0) is 4.79 Å². The molecule has 0 saturated heterocycles. The lowest BCUT2D eigenvalue weighted by atomic mass is 10.1. The fourth-order valence-corrected chi connectivity index (χ4v) is 4.26. The standard InChI is InChI=1S/C22H22N4OS/c1-14-8-9-18(16(3)12-14)23-21(27)10-11-28-22-25-24-20-13-15(2)17-6-4-5-7-19(17)26(20)22/h4-9,12-13H,10-11H2,1-3H3,(H,23,27). The lowest BCUT2D eigenvalue weighted by molar-refractivity contribution is -0.115. The first kappa shape index (κ1) is 18.5. The SMILES string of the molecule is Cc1ccc(NC(=O)CCSc2nnc3cc(C)c4ccccc4n23)c(C)c1. The van der Waals surface area contributed by atoms with E-state index in [1.165, 1.54) is 16.5 Å². The Labute approximate surface area is 168 Å². The Morgan fingerprint density at radius 1 is 1.04 bits per heavy atom. The highest BCUT2D eigenvalue weighted by atomic mass is 32.2. The van der Waals surface area contributed by atoms with E-state index in [0.717, 1.165) is 27.6 Å². The smallest absolute Gasteiger partial charge is 0.225 e. The number of nitrogens with zero attached hydrogens (tertiary/aromatic N) is 3. The van der Waals surface area contributed by atoms with Crippen molar-refractivity contribution < 1.29 is 4.79 Å². The summed E-state index contributed by atoms with van der Waals surface area (Å²) in [6, 6.07) is 16.3. The number of aromatic nitrogens is 3. The van der Waals surface area contributed by atoms with Crippen LogP contribution in [0, 0.1) is 20.8 Å². The van der Waals surface area contributed by atoms with Crippen molar-refractivity contribution in [2.75, 3.05) is 11.1 Å². The Morgan fingerprint density at radius 3 is 2.68 bits per heavy atom.